The average molecular weight is 492 g/mol. The Hall–Kier alpha value is -3.17. The van der Waals surface area contributed by atoms with Gasteiger partial charge in [0.05, 0.1) is 20.8 Å². The van der Waals surface area contributed by atoms with Crippen molar-refractivity contribution in [1.29, 1.82) is 0 Å². The number of hydrogen-bond donors (Lipinski definition) is 1. The second-order valence-electron chi connectivity index (χ2n) is 8.30. The number of para-hydroxylation sites is 1. The molecule has 174 valence electrons. The first kappa shape index (κ1) is 22.6. The van der Waals surface area contributed by atoms with Crippen molar-refractivity contribution in [3.05, 3.63) is 70.5 Å². The van der Waals surface area contributed by atoms with Crippen LogP contribution >= 0.6 is 23.1 Å². The van der Waals surface area contributed by atoms with E-state index in [1.165, 1.54) is 11.3 Å². The molecular formula is C25H25N5O2S2. The van der Waals surface area contributed by atoms with Crippen molar-refractivity contribution in [1.82, 2.24) is 25.0 Å². The predicted octanol–water partition coefficient (Wildman–Crippen LogP) is 4.26. The normalized spacial score (nSPS) is 15.7. The summed E-state index contributed by atoms with van der Waals surface area (Å²) in [5, 5.41) is 8.92. The van der Waals surface area contributed by atoms with Gasteiger partial charge in [-0.25, -0.2) is 4.98 Å². The highest BCUT2D eigenvalue weighted by molar-refractivity contribution is 8.00. The van der Waals surface area contributed by atoms with Crippen LogP contribution in [0.1, 0.15) is 31.5 Å². The van der Waals surface area contributed by atoms with E-state index in [9.17, 15) is 9.59 Å². The molecule has 34 heavy (non-hydrogen) atoms. The van der Waals surface area contributed by atoms with Crippen molar-refractivity contribution in [2.24, 2.45) is 7.05 Å². The molecule has 1 aliphatic rings. The summed E-state index contributed by atoms with van der Waals surface area (Å²) >= 11 is 3.21. The molecule has 1 aliphatic heterocycles. The van der Waals surface area contributed by atoms with E-state index in [1.54, 1.807) is 16.4 Å². The van der Waals surface area contributed by atoms with Crippen LogP contribution in [0.4, 0.5) is 0 Å². The van der Waals surface area contributed by atoms with Crippen LogP contribution in [-0.2, 0) is 7.05 Å². The minimum absolute atomic E-state index is 0.0895. The van der Waals surface area contributed by atoms with Crippen LogP contribution < -0.4 is 5.32 Å². The number of nitrogens with one attached hydrogen (secondary N) is 1. The van der Waals surface area contributed by atoms with E-state index in [-0.39, 0.29) is 17.2 Å². The first-order valence-electron chi connectivity index (χ1n) is 11.1. The summed E-state index contributed by atoms with van der Waals surface area (Å²) in [5.74, 6) is 0.497. The fraction of sp³-hybridized carbons (Fsp3) is 0.280. The van der Waals surface area contributed by atoms with Gasteiger partial charge >= 0.3 is 0 Å². The topological polar surface area (TPSA) is 80.1 Å². The van der Waals surface area contributed by atoms with E-state index >= 15 is 0 Å². The van der Waals surface area contributed by atoms with Crippen molar-refractivity contribution in [2.75, 3.05) is 18.8 Å². The monoisotopic (exact) mass is 491 g/mol. The van der Waals surface area contributed by atoms with Crippen LogP contribution in [0.2, 0.25) is 0 Å². The van der Waals surface area contributed by atoms with Gasteiger partial charge in [0, 0.05) is 31.3 Å². The summed E-state index contributed by atoms with van der Waals surface area (Å²) in [6.07, 6.45) is 0. The smallest absolute Gasteiger partial charge is 0.274 e. The number of fused-ring (bicyclic) bond motifs is 1. The number of rotatable bonds is 5. The maximum Gasteiger partial charge on any atom is 0.274 e. The van der Waals surface area contributed by atoms with Gasteiger partial charge in [-0.15, -0.1) is 23.1 Å². The zero-order chi connectivity index (χ0) is 23.8. The van der Waals surface area contributed by atoms with E-state index < -0.39 is 0 Å². The van der Waals surface area contributed by atoms with E-state index in [0.29, 0.717) is 24.5 Å². The Kier molecular flexibility index (Phi) is 6.14. The summed E-state index contributed by atoms with van der Waals surface area (Å²) in [7, 11) is 1.83. The molecule has 1 saturated heterocycles. The van der Waals surface area contributed by atoms with Crippen LogP contribution in [-0.4, -0.2) is 55.7 Å². The zero-order valence-electron chi connectivity index (χ0n) is 19.2. The molecule has 0 aliphatic carbocycles. The van der Waals surface area contributed by atoms with Crippen LogP contribution in [0.3, 0.4) is 0 Å². The maximum atomic E-state index is 13.6. The van der Waals surface area contributed by atoms with Crippen molar-refractivity contribution in [3.8, 4) is 10.4 Å². The van der Waals surface area contributed by atoms with E-state index in [0.717, 1.165) is 37.7 Å². The summed E-state index contributed by atoms with van der Waals surface area (Å²) in [4.78, 5) is 33.8. The van der Waals surface area contributed by atoms with Crippen molar-refractivity contribution in [3.63, 3.8) is 0 Å². The lowest BCUT2D eigenvalue weighted by Crippen LogP contribution is -2.42. The van der Waals surface area contributed by atoms with E-state index in [2.05, 4.69) is 21.5 Å². The summed E-state index contributed by atoms with van der Waals surface area (Å²) < 4.78 is 1.71. The lowest BCUT2D eigenvalue weighted by molar-refractivity contribution is 0.0746. The third kappa shape index (κ3) is 4.21. The summed E-state index contributed by atoms with van der Waals surface area (Å²) in [6.45, 7) is 4.94. The minimum Gasteiger partial charge on any atom is -0.348 e. The standard InChI is InChI=1S/C25H25N5O2S2/c1-15-7-6-8-17(13-15)23-22(27-16(2)34-23)25(32)30-11-12-33-20(30)14-26-24(31)21-18-9-4-5-10-19(18)29(3)28-21/h4-10,13,20H,11-12,14H2,1-3H3,(H,26,31). The fourth-order valence-electron chi connectivity index (χ4n) is 4.26. The van der Waals surface area contributed by atoms with Crippen molar-refractivity contribution in [2.45, 2.75) is 19.2 Å². The molecule has 0 radical (unpaired) electrons. The van der Waals surface area contributed by atoms with Crippen LogP contribution in [0.15, 0.2) is 48.5 Å². The van der Waals surface area contributed by atoms with Gasteiger partial charge in [-0.05, 0) is 25.5 Å². The van der Waals surface area contributed by atoms with Crippen LogP contribution in [0, 0.1) is 13.8 Å². The number of carbonyl (C=O) groups is 2. The second-order valence-corrected chi connectivity index (χ2v) is 10.8. The Morgan fingerprint density at radius 1 is 1.12 bits per heavy atom. The molecule has 0 saturated carbocycles. The SMILES string of the molecule is Cc1cccc(-c2sc(C)nc2C(=O)N2CCSC2CNC(=O)c2nn(C)c3ccccc23)c1. The number of aromatic nitrogens is 3. The highest BCUT2D eigenvalue weighted by Crippen LogP contribution is 2.34. The quantitative estimate of drug-likeness (QED) is 0.451. The number of carbonyl (C=O) groups excluding carboxylic acids is 2. The molecule has 0 spiro atoms. The molecule has 1 atom stereocenters. The Labute approximate surface area is 206 Å². The first-order valence-corrected chi connectivity index (χ1v) is 13.0. The molecule has 9 heteroatoms. The molecule has 5 rings (SSSR count). The number of amides is 2. The Balaban J connectivity index is 1.34. The highest BCUT2D eigenvalue weighted by atomic mass is 32.2. The van der Waals surface area contributed by atoms with Crippen molar-refractivity contribution >= 4 is 45.8 Å². The van der Waals surface area contributed by atoms with Gasteiger partial charge in [0.2, 0.25) is 0 Å². The molecule has 0 bridgehead atoms. The number of thioether (sulfide) groups is 1. The maximum absolute atomic E-state index is 13.6. The van der Waals surface area contributed by atoms with Crippen molar-refractivity contribution < 1.29 is 9.59 Å². The molecule has 2 aromatic carbocycles. The number of aryl methyl sites for hydroxylation is 3. The molecule has 1 unspecified atom stereocenters. The van der Waals surface area contributed by atoms with E-state index in [1.807, 2.05) is 68.3 Å². The lowest BCUT2D eigenvalue weighted by atomic mass is 10.1. The van der Waals surface area contributed by atoms with Gasteiger partial charge in [-0.3, -0.25) is 14.3 Å². The van der Waals surface area contributed by atoms with E-state index in [4.69, 9.17) is 0 Å². The lowest BCUT2D eigenvalue weighted by Gasteiger charge is -2.23. The molecule has 2 amide bonds. The van der Waals surface area contributed by atoms with Gasteiger partial charge in [0.1, 0.15) is 5.69 Å². The zero-order valence-corrected chi connectivity index (χ0v) is 20.9. The van der Waals surface area contributed by atoms with Crippen LogP contribution in [0.25, 0.3) is 21.3 Å². The number of nitrogens with zero attached hydrogens (tertiary/aromatic N) is 4. The van der Waals surface area contributed by atoms with Gasteiger partial charge in [-0.1, -0.05) is 48.0 Å². The third-order valence-electron chi connectivity index (χ3n) is 5.88. The van der Waals surface area contributed by atoms with Gasteiger partial charge in [0.25, 0.3) is 11.8 Å². The largest absolute Gasteiger partial charge is 0.348 e. The Bertz CT molecular complexity index is 1390. The van der Waals surface area contributed by atoms with Gasteiger partial charge in [0.15, 0.2) is 5.69 Å². The third-order valence-corrected chi connectivity index (χ3v) is 8.12. The molecule has 1 fully saturated rings. The number of benzene rings is 2. The average Bonchev–Trinajstić information content (AvgIpc) is 3.54. The molecule has 3 heterocycles. The Morgan fingerprint density at radius 3 is 2.76 bits per heavy atom. The summed E-state index contributed by atoms with van der Waals surface area (Å²) in [6, 6.07) is 15.8. The number of hydrogen-bond acceptors (Lipinski definition) is 6. The molecule has 1 N–H and O–H groups in total. The fourth-order valence-corrected chi connectivity index (χ4v) is 6.32. The highest BCUT2D eigenvalue weighted by Gasteiger charge is 2.33. The van der Waals surface area contributed by atoms with Gasteiger partial charge in [-0.2, -0.15) is 5.10 Å². The minimum atomic E-state index is -0.235. The Morgan fingerprint density at radius 2 is 1.94 bits per heavy atom. The second kappa shape index (κ2) is 9.23. The first-order chi connectivity index (χ1) is 16.4. The molecule has 2 aromatic heterocycles. The molecular weight excluding hydrogens is 466 g/mol. The molecule has 4 aromatic rings. The van der Waals surface area contributed by atoms with Gasteiger partial charge < -0.3 is 10.2 Å². The van der Waals surface area contributed by atoms with Crippen LogP contribution in [0.5, 0.6) is 0 Å². The summed E-state index contributed by atoms with van der Waals surface area (Å²) in [5.41, 5.74) is 3.94. The predicted molar refractivity (Wildman–Crippen MR) is 137 cm³/mol. The number of thiazole rings is 1. The molecule has 7 nitrogen and oxygen atoms in total.